The van der Waals surface area contributed by atoms with Gasteiger partial charge in [-0.15, -0.1) is 4.79 Å². The Morgan fingerprint density at radius 3 is 1.88 bits per heavy atom. The molecule has 0 aliphatic carbocycles. The molecule has 0 spiro atoms. The first-order valence-electron chi connectivity index (χ1n) is 15.4. The van der Waals surface area contributed by atoms with Gasteiger partial charge in [0.05, 0.1) is 5.57 Å². The minimum absolute atomic E-state index is 0. The standard InChI is InChI=1S/C33H46N2.2C2H5.Ni/c1-5-8-11-12-13-14-17-28-21-23-30(24-22-28)33(27(4)32(26-35-34)19-10-7-3)31-20-15-18-29(25-31)16-9-6-2;2*1-2;/h15,18,20-25H,5-14,16-17,19H2,1-4H3;2*1H2,2H3;/q;2*-1;+2. The quantitative estimate of drug-likeness (QED) is 0.0356. The van der Waals surface area contributed by atoms with Crippen molar-refractivity contribution in [2.45, 2.75) is 125 Å². The first-order valence-corrected chi connectivity index (χ1v) is 15.4. The van der Waals surface area contributed by atoms with E-state index in [1.807, 2.05) is 0 Å². The van der Waals surface area contributed by atoms with E-state index in [0.717, 1.165) is 43.3 Å². The normalized spacial score (nSPS) is 10.4. The van der Waals surface area contributed by atoms with E-state index in [2.05, 4.69) is 101 Å². The molecule has 0 radical (unpaired) electrons. The van der Waals surface area contributed by atoms with Crippen molar-refractivity contribution < 1.29 is 21.3 Å². The first-order chi connectivity index (χ1) is 19.1. The first kappa shape index (κ1) is 40.0. The van der Waals surface area contributed by atoms with E-state index in [0.29, 0.717) is 0 Å². The summed E-state index contributed by atoms with van der Waals surface area (Å²) in [6.45, 7) is 18.9. The molecule has 0 N–H and O–H groups in total. The monoisotopic (exact) mass is 586 g/mol. The minimum Gasteiger partial charge on any atom is -0.348 e. The van der Waals surface area contributed by atoms with Crippen LogP contribution in [0, 0.1) is 13.8 Å². The fourth-order valence-corrected chi connectivity index (χ4v) is 4.70. The van der Waals surface area contributed by atoms with Gasteiger partial charge >= 0.3 is 22.4 Å². The molecule has 2 nitrogen and oxygen atoms in total. The van der Waals surface area contributed by atoms with Gasteiger partial charge in [-0.05, 0) is 78.8 Å². The zero-order valence-corrected chi connectivity index (χ0v) is 27.4. The van der Waals surface area contributed by atoms with Crippen LogP contribution in [-0.4, -0.2) is 10.7 Å². The summed E-state index contributed by atoms with van der Waals surface area (Å²) in [6, 6.07) is 18.1. The SMILES string of the molecule is CCCCCCCCc1ccc(C(=C(C)C(=C=[N+]=[N-])CCCC)c2cccc(CCCC)c2)cc1.[CH2-]C.[CH2-]C.[Ni+2]. The topological polar surface area (TPSA) is 36.4 Å². The van der Waals surface area contributed by atoms with Gasteiger partial charge in [-0.1, -0.05) is 114 Å². The summed E-state index contributed by atoms with van der Waals surface area (Å²) in [5, 5.41) is 0. The summed E-state index contributed by atoms with van der Waals surface area (Å²) in [7, 11) is 0. The second-order valence-electron chi connectivity index (χ2n) is 9.81. The van der Waals surface area contributed by atoms with Gasteiger partial charge in [0, 0.05) is 0 Å². The molecule has 0 unspecified atom stereocenters. The zero-order valence-electron chi connectivity index (χ0n) is 26.4. The van der Waals surface area contributed by atoms with E-state index in [1.54, 1.807) is 13.8 Å². The van der Waals surface area contributed by atoms with Gasteiger partial charge in [-0.2, -0.15) is 13.8 Å². The Labute approximate surface area is 258 Å². The van der Waals surface area contributed by atoms with E-state index in [-0.39, 0.29) is 16.5 Å². The number of rotatable bonds is 16. The molecule has 2 rings (SSSR count). The van der Waals surface area contributed by atoms with Crippen molar-refractivity contribution in [3.05, 3.63) is 101 Å². The Kier molecular flexibility index (Phi) is 27.0. The van der Waals surface area contributed by atoms with Gasteiger partial charge in [-0.3, -0.25) is 0 Å². The Morgan fingerprint density at radius 2 is 1.27 bits per heavy atom. The molecule has 3 heteroatoms. The summed E-state index contributed by atoms with van der Waals surface area (Å²) >= 11 is 0. The zero-order chi connectivity index (χ0) is 29.3. The molecule has 0 amide bonds. The molecule has 2 aromatic carbocycles. The third-order valence-electron chi connectivity index (χ3n) is 6.89. The van der Waals surface area contributed by atoms with Crippen LogP contribution in [-0.2, 0) is 29.3 Å². The fourth-order valence-electron chi connectivity index (χ4n) is 4.70. The van der Waals surface area contributed by atoms with Gasteiger partial charge in [0.15, 0.2) is 0 Å². The summed E-state index contributed by atoms with van der Waals surface area (Å²) in [5.74, 6) is 2.89. The fraction of sp³-hybridized carbons (Fsp3) is 0.514. The Bertz CT molecular complexity index is 1010. The van der Waals surface area contributed by atoms with Crippen LogP contribution in [0.2, 0.25) is 0 Å². The summed E-state index contributed by atoms with van der Waals surface area (Å²) in [6.07, 6.45) is 15.6. The molecule has 0 fully saturated rings. The van der Waals surface area contributed by atoms with Crippen molar-refractivity contribution in [1.82, 2.24) is 0 Å². The number of hydrogen-bond donors (Lipinski definition) is 0. The molecule has 0 bridgehead atoms. The van der Waals surface area contributed by atoms with Crippen molar-refractivity contribution >= 4 is 11.4 Å². The van der Waals surface area contributed by atoms with Crippen molar-refractivity contribution in [3.63, 3.8) is 0 Å². The summed E-state index contributed by atoms with van der Waals surface area (Å²) < 4.78 is 0. The largest absolute Gasteiger partial charge is 2.00 e. The number of benzene rings is 2. The van der Waals surface area contributed by atoms with E-state index >= 15 is 0 Å². The van der Waals surface area contributed by atoms with Crippen molar-refractivity contribution in [2.24, 2.45) is 0 Å². The average molecular weight is 588 g/mol. The van der Waals surface area contributed by atoms with Crippen molar-refractivity contribution in [1.29, 1.82) is 0 Å². The van der Waals surface area contributed by atoms with Crippen LogP contribution in [0.4, 0.5) is 0 Å². The van der Waals surface area contributed by atoms with E-state index < -0.39 is 0 Å². The van der Waals surface area contributed by atoms with Crippen LogP contribution in [0.3, 0.4) is 0 Å². The van der Waals surface area contributed by atoms with Crippen LogP contribution in [0.1, 0.15) is 134 Å². The number of aryl methyl sites for hydroxylation is 2. The molecule has 40 heavy (non-hydrogen) atoms. The molecule has 0 aliphatic rings. The summed E-state index contributed by atoms with van der Waals surface area (Å²) in [5.41, 5.74) is 17.9. The van der Waals surface area contributed by atoms with Gasteiger partial charge in [0.2, 0.25) is 0 Å². The van der Waals surface area contributed by atoms with Crippen LogP contribution >= 0.6 is 0 Å². The molecule has 0 aliphatic heterocycles. The third kappa shape index (κ3) is 15.6. The van der Waals surface area contributed by atoms with Crippen molar-refractivity contribution in [2.75, 3.05) is 0 Å². The van der Waals surface area contributed by atoms with Crippen LogP contribution in [0.5, 0.6) is 0 Å². The Balaban J connectivity index is 0. The average Bonchev–Trinajstić information content (AvgIpc) is 2.99. The maximum Gasteiger partial charge on any atom is 2.00 e. The molecular formula is C37H56N2Ni. The molecule has 0 saturated heterocycles. The second-order valence-corrected chi connectivity index (χ2v) is 9.81. The van der Waals surface area contributed by atoms with E-state index in [4.69, 9.17) is 0 Å². The Hall–Kier alpha value is -2.17. The van der Waals surface area contributed by atoms with E-state index in [1.165, 1.54) is 79.2 Å². The second kappa shape index (κ2) is 27.0. The number of allylic oxidation sites excluding steroid dienone is 2. The van der Waals surface area contributed by atoms with Crippen molar-refractivity contribution in [3.8, 4) is 0 Å². The van der Waals surface area contributed by atoms with Gasteiger partial charge in [0.25, 0.3) is 0 Å². The Morgan fingerprint density at radius 1 is 0.700 bits per heavy atom. The van der Waals surface area contributed by atoms with E-state index in [9.17, 15) is 5.53 Å². The van der Waals surface area contributed by atoms with Crippen LogP contribution in [0.15, 0.2) is 59.7 Å². The molecule has 0 aromatic heterocycles. The molecule has 0 atom stereocenters. The smallest absolute Gasteiger partial charge is 0.348 e. The van der Waals surface area contributed by atoms with Gasteiger partial charge in [-0.25, -0.2) is 0 Å². The predicted molar refractivity (Wildman–Crippen MR) is 174 cm³/mol. The predicted octanol–water partition coefficient (Wildman–Crippen LogP) is 11.4. The van der Waals surface area contributed by atoms with Gasteiger partial charge < -0.3 is 19.4 Å². The molecule has 224 valence electrons. The molecule has 0 saturated carbocycles. The third-order valence-corrected chi connectivity index (χ3v) is 6.89. The molecular weight excluding hydrogens is 531 g/mol. The van der Waals surface area contributed by atoms with Crippen LogP contribution in [0.25, 0.3) is 11.1 Å². The molecule has 2 aromatic rings. The number of nitrogens with zero attached hydrogens (tertiary/aromatic N) is 2. The maximum atomic E-state index is 9.31. The number of unbranched alkanes of at least 4 members (excludes halogenated alkanes) is 7. The minimum atomic E-state index is 0. The van der Waals surface area contributed by atoms with Crippen LogP contribution < -0.4 is 0 Å². The number of hydrogen-bond acceptors (Lipinski definition) is 0. The summed E-state index contributed by atoms with van der Waals surface area (Å²) in [4.78, 5) is 3.29. The maximum absolute atomic E-state index is 9.31. The van der Waals surface area contributed by atoms with Gasteiger partial charge in [0.1, 0.15) is 0 Å². The molecule has 0 heterocycles.